The molecule has 164 valence electrons. The summed E-state index contributed by atoms with van der Waals surface area (Å²) in [4.78, 5) is 37.1. The fraction of sp³-hybridized carbons (Fsp3) is 0.316. The quantitative estimate of drug-likeness (QED) is 0.582. The molecule has 0 atom stereocenters. The van der Waals surface area contributed by atoms with Gasteiger partial charge in [0.1, 0.15) is 9.71 Å². The largest absolute Gasteiger partial charge is 0.477 e. The van der Waals surface area contributed by atoms with Crippen molar-refractivity contribution in [2.24, 2.45) is 7.05 Å². The number of aromatic nitrogens is 2. The number of carboxylic acid groups (broad SMARTS) is 1. The van der Waals surface area contributed by atoms with Gasteiger partial charge in [0.15, 0.2) is 0 Å². The number of sulfonamides is 1. The molecule has 3 aromatic rings. The van der Waals surface area contributed by atoms with Crippen molar-refractivity contribution < 1.29 is 23.1 Å². The van der Waals surface area contributed by atoms with Crippen molar-refractivity contribution in [1.29, 1.82) is 0 Å². The monoisotopic (exact) mass is 465 g/mol. The molecule has 1 aliphatic rings. The first-order chi connectivity index (χ1) is 14.7. The molecule has 0 unspecified atom stereocenters. The van der Waals surface area contributed by atoms with Crippen molar-refractivity contribution in [2.75, 3.05) is 26.3 Å². The molecule has 1 N–H and O–H groups in total. The third kappa shape index (κ3) is 3.82. The molecule has 4 rings (SSSR count). The van der Waals surface area contributed by atoms with Gasteiger partial charge in [-0.2, -0.15) is 4.31 Å². The van der Waals surface area contributed by atoms with Gasteiger partial charge in [0.25, 0.3) is 5.56 Å². The summed E-state index contributed by atoms with van der Waals surface area (Å²) < 4.78 is 34.3. The third-order valence-corrected chi connectivity index (χ3v) is 8.21. The highest BCUT2D eigenvalue weighted by Gasteiger charge is 2.26. The van der Waals surface area contributed by atoms with Crippen molar-refractivity contribution in [3.05, 3.63) is 61.6 Å². The maximum Gasteiger partial charge on any atom is 0.345 e. The number of fused-ring (bicyclic) bond motifs is 1. The topological polar surface area (TPSA) is 128 Å². The molecule has 3 heterocycles. The average Bonchev–Trinajstić information content (AvgIpc) is 3.22. The first kappa shape index (κ1) is 21.4. The van der Waals surface area contributed by atoms with E-state index in [-0.39, 0.29) is 39.6 Å². The van der Waals surface area contributed by atoms with Gasteiger partial charge in [0, 0.05) is 20.1 Å². The Kier molecular flexibility index (Phi) is 5.56. The fourth-order valence-corrected chi connectivity index (χ4v) is 5.77. The van der Waals surface area contributed by atoms with Gasteiger partial charge in [-0.3, -0.25) is 13.9 Å². The lowest BCUT2D eigenvalue weighted by Gasteiger charge is -2.26. The van der Waals surface area contributed by atoms with E-state index in [2.05, 4.69) is 0 Å². The van der Waals surface area contributed by atoms with Gasteiger partial charge in [-0.1, -0.05) is 12.1 Å². The van der Waals surface area contributed by atoms with E-state index < -0.39 is 27.2 Å². The smallest absolute Gasteiger partial charge is 0.345 e. The highest BCUT2D eigenvalue weighted by Crippen LogP contribution is 2.22. The van der Waals surface area contributed by atoms with E-state index in [9.17, 15) is 27.9 Å². The lowest BCUT2D eigenvalue weighted by atomic mass is 10.2. The highest BCUT2D eigenvalue weighted by molar-refractivity contribution is 7.89. The van der Waals surface area contributed by atoms with Gasteiger partial charge < -0.3 is 9.84 Å². The van der Waals surface area contributed by atoms with Crippen LogP contribution in [0.25, 0.3) is 10.2 Å². The van der Waals surface area contributed by atoms with E-state index in [1.165, 1.54) is 34.1 Å². The van der Waals surface area contributed by atoms with Gasteiger partial charge in [-0.25, -0.2) is 18.0 Å². The van der Waals surface area contributed by atoms with Crippen molar-refractivity contribution in [1.82, 2.24) is 13.4 Å². The molecule has 0 amide bonds. The predicted octanol–water partition coefficient (Wildman–Crippen LogP) is 0.529. The number of hydrogen-bond donors (Lipinski definition) is 1. The average molecular weight is 466 g/mol. The second kappa shape index (κ2) is 8.04. The fourth-order valence-electron chi connectivity index (χ4n) is 3.41. The zero-order valence-electron chi connectivity index (χ0n) is 16.5. The maximum atomic E-state index is 12.8. The number of thiophene rings is 1. The maximum absolute atomic E-state index is 12.8. The minimum absolute atomic E-state index is 0.0301. The molecule has 1 aliphatic heterocycles. The Morgan fingerprint density at radius 2 is 1.81 bits per heavy atom. The Balaban J connectivity index is 1.67. The molecule has 0 aliphatic carbocycles. The number of ether oxygens (including phenoxy) is 1. The second-order valence-electron chi connectivity index (χ2n) is 7.03. The number of aromatic carboxylic acids is 1. The standard InChI is InChI=1S/C19H19N3O7S2/c1-20-17-14(10-15(30-17)18(24)25)16(23)22(19(20)26)11-12-2-4-13(5-3-12)31(27,28)21-6-8-29-9-7-21/h2-5,10H,6-9,11H2,1H3,(H,24,25). The molecule has 12 heteroatoms. The molecule has 2 aromatic heterocycles. The summed E-state index contributed by atoms with van der Waals surface area (Å²) in [5, 5.41) is 9.33. The summed E-state index contributed by atoms with van der Waals surface area (Å²) in [7, 11) is -2.17. The first-order valence-corrected chi connectivity index (χ1v) is 11.6. The van der Waals surface area contributed by atoms with Gasteiger partial charge >= 0.3 is 11.7 Å². The number of carboxylic acids is 1. The summed E-state index contributed by atoms with van der Waals surface area (Å²) in [5.41, 5.74) is -0.610. The molecule has 10 nitrogen and oxygen atoms in total. The van der Waals surface area contributed by atoms with E-state index in [4.69, 9.17) is 4.74 Å². The summed E-state index contributed by atoms with van der Waals surface area (Å²) in [6.45, 7) is 1.19. The number of aryl methyl sites for hydroxylation is 1. The number of nitrogens with zero attached hydrogens (tertiary/aromatic N) is 3. The summed E-state index contributed by atoms with van der Waals surface area (Å²) in [5.74, 6) is -1.17. The number of rotatable bonds is 5. The van der Waals surface area contributed by atoms with Crippen molar-refractivity contribution in [3.8, 4) is 0 Å². The Morgan fingerprint density at radius 1 is 1.16 bits per heavy atom. The van der Waals surface area contributed by atoms with Gasteiger partial charge in [0.2, 0.25) is 10.0 Å². The molecule has 0 saturated carbocycles. The molecule has 1 aromatic carbocycles. The van der Waals surface area contributed by atoms with Crippen molar-refractivity contribution in [2.45, 2.75) is 11.4 Å². The van der Waals surface area contributed by atoms with Crippen LogP contribution in [0.3, 0.4) is 0 Å². The summed E-state index contributed by atoms with van der Waals surface area (Å²) >= 11 is 0.863. The molecule has 0 bridgehead atoms. The van der Waals surface area contributed by atoms with Gasteiger partial charge in [-0.05, 0) is 23.8 Å². The predicted molar refractivity (Wildman–Crippen MR) is 113 cm³/mol. The zero-order valence-corrected chi connectivity index (χ0v) is 18.1. The van der Waals surface area contributed by atoms with Crippen LogP contribution in [0.4, 0.5) is 0 Å². The molecular formula is C19H19N3O7S2. The van der Waals surface area contributed by atoms with E-state index >= 15 is 0 Å². The summed E-state index contributed by atoms with van der Waals surface area (Å²) in [6, 6.07) is 7.26. The van der Waals surface area contributed by atoms with E-state index in [1.807, 2.05) is 0 Å². The Labute approximate surface area is 180 Å². The molecular weight excluding hydrogens is 446 g/mol. The molecule has 0 spiro atoms. The van der Waals surface area contributed by atoms with E-state index in [0.29, 0.717) is 18.8 Å². The number of morpholine rings is 1. The zero-order chi connectivity index (χ0) is 22.3. The Bertz CT molecular complexity index is 1380. The minimum atomic E-state index is -3.64. The number of hydrogen-bond acceptors (Lipinski definition) is 7. The van der Waals surface area contributed by atoms with Gasteiger partial charge in [0.05, 0.1) is 30.0 Å². The van der Waals surface area contributed by atoms with Crippen molar-refractivity contribution in [3.63, 3.8) is 0 Å². The van der Waals surface area contributed by atoms with Gasteiger partial charge in [-0.15, -0.1) is 11.3 Å². The van der Waals surface area contributed by atoms with Crippen LogP contribution >= 0.6 is 11.3 Å². The van der Waals surface area contributed by atoms with Crippen molar-refractivity contribution >= 4 is 37.5 Å². The van der Waals surface area contributed by atoms with Crippen LogP contribution in [0.15, 0.2) is 44.8 Å². The number of benzene rings is 1. The summed E-state index contributed by atoms with van der Waals surface area (Å²) in [6.07, 6.45) is 0. The Hall–Kier alpha value is -2.80. The van der Waals surface area contributed by atoms with Crippen LogP contribution in [0.2, 0.25) is 0 Å². The third-order valence-electron chi connectivity index (χ3n) is 5.09. The lowest BCUT2D eigenvalue weighted by molar-refractivity contribution is 0.0702. The molecule has 31 heavy (non-hydrogen) atoms. The minimum Gasteiger partial charge on any atom is -0.477 e. The molecule has 1 saturated heterocycles. The van der Waals surface area contributed by atoms with Crippen LogP contribution in [-0.4, -0.2) is 59.2 Å². The normalized spacial score (nSPS) is 15.4. The number of carbonyl (C=O) groups is 1. The van der Waals surface area contributed by atoms with E-state index in [0.717, 1.165) is 15.9 Å². The highest BCUT2D eigenvalue weighted by atomic mass is 32.2. The van der Waals surface area contributed by atoms with Crippen LogP contribution in [-0.2, 0) is 28.4 Å². The van der Waals surface area contributed by atoms with E-state index in [1.54, 1.807) is 12.1 Å². The van der Waals surface area contributed by atoms with Crippen LogP contribution < -0.4 is 11.2 Å². The lowest BCUT2D eigenvalue weighted by Crippen LogP contribution is -2.40. The Morgan fingerprint density at radius 3 is 2.42 bits per heavy atom. The first-order valence-electron chi connectivity index (χ1n) is 9.33. The SMILES string of the molecule is Cn1c(=O)n(Cc2ccc(S(=O)(=O)N3CCOCC3)cc2)c(=O)c2cc(C(=O)O)sc21. The second-order valence-corrected chi connectivity index (χ2v) is 10.00. The molecule has 1 fully saturated rings. The van der Waals surface area contributed by atoms with Crippen LogP contribution in [0.1, 0.15) is 15.2 Å². The van der Waals surface area contributed by atoms with Crippen LogP contribution in [0, 0.1) is 0 Å². The molecule has 0 radical (unpaired) electrons. The van der Waals surface area contributed by atoms with Crippen LogP contribution in [0.5, 0.6) is 0 Å².